The molecule has 0 saturated heterocycles. The number of rotatable bonds is 5. The maximum atomic E-state index is 12.2. The van der Waals surface area contributed by atoms with Gasteiger partial charge in [0.05, 0.1) is 28.0 Å². The number of aromatic hydroxyl groups is 1. The zero-order chi connectivity index (χ0) is 39.8. The number of phenolic OH excluding ortho intramolecular Hbond substituents is 1. The van der Waals surface area contributed by atoms with Crippen molar-refractivity contribution in [2.75, 3.05) is 0 Å². The lowest BCUT2D eigenvalue weighted by Gasteiger charge is -2.42. The highest BCUT2D eigenvalue weighted by molar-refractivity contribution is 5.97. The van der Waals surface area contributed by atoms with E-state index in [4.69, 9.17) is 9.97 Å². The minimum atomic E-state index is -0.0904. The Balaban J connectivity index is 1.48. The normalized spacial score (nSPS) is 15.2. The van der Waals surface area contributed by atoms with E-state index >= 15 is 0 Å². The van der Waals surface area contributed by atoms with Crippen LogP contribution in [0.1, 0.15) is 104 Å². The summed E-state index contributed by atoms with van der Waals surface area (Å²) in [6.07, 6.45) is 4.01. The predicted molar refractivity (Wildman–Crippen MR) is 235 cm³/mol. The average molecular weight is 738 g/mol. The van der Waals surface area contributed by atoms with Gasteiger partial charge in [-0.05, 0) is 122 Å². The summed E-state index contributed by atoms with van der Waals surface area (Å²) in [7, 11) is 0. The van der Waals surface area contributed by atoms with Crippen molar-refractivity contribution in [3.8, 4) is 56.3 Å². The van der Waals surface area contributed by atoms with Gasteiger partial charge in [0.15, 0.2) is 0 Å². The minimum absolute atomic E-state index is 0.0408. The number of fused-ring (bicyclic) bond motifs is 2. The van der Waals surface area contributed by atoms with Gasteiger partial charge in [-0.3, -0.25) is 9.55 Å². The number of hydrogen-bond donors (Lipinski definition) is 1. The fourth-order valence-electron chi connectivity index (χ4n) is 8.48. The van der Waals surface area contributed by atoms with Crippen LogP contribution in [0.4, 0.5) is 0 Å². The summed E-state index contributed by atoms with van der Waals surface area (Å²) in [5.41, 5.74) is 14.8. The molecule has 0 saturated carbocycles. The summed E-state index contributed by atoms with van der Waals surface area (Å²) >= 11 is 0. The molecular formula is C52H55N3O. The highest BCUT2D eigenvalue weighted by Gasteiger charge is 2.38. The second-order valence-electron chi connectivity index (χ2n) is 19.2. The third-order valence-corrected chi connectivity index (χ3v) is 12.2. The van der Waals surface area contributed by atoms with Crippen LogP contribution in [0, 0.1) is 0 Å². The molecule has 0 bridgehead atoms. The largest absolute Gasteiger partial charge is 0.507 e. The first-order valence-corrected chi connectivity index (χ1v) is 20.1. The first-order valence-electron chi connectivity index (χ1n) is 20.1. The summed E-state index contributed by atoms with van der Waals surface area (Å²) in [5.74, 6) is 0.983. The molecule has 8 rings (SSSR count). The standard InChI is InChI=1S/C52H55N3O/c1-49(2,3)36-22-23-44(39(30-36)33-17-12-11-13-18-33)55-45-21-16-19-38(34-27-35(43-20-14-15-26-53-43)29-37(28-34)50(4,5)6)47(45)54-48(55)40-31-41-42(32-46(40)56)52(9,10)25-24-51(41,7)8/h11-23,26-32,56H,24-25H2,1-10H3. The molecule has 0 aliphatic heterocycles. The van der Waals surface area contributed by atoms with Crippen LogP contribution >= 0.6 is 0 Å². The van der Waals surface area contributed by atoms with Gasteiger partial charge in [0.1, 0.15) is 11.6 Å². The molecule has 0 amide bonds. The number of para-hydroxylation sites is 1. The fourth-order valence-corrected chi connectivity index (χ4v) is 8.48. The van der Waals surface area contributed by atoms with E-state index in [2.05, 4.69) is 171 Å². The number of imidazole rings is 1. The van der Waals surface area contributed by atoms with Gasteiger partial charge in [-0.1, -0.05) is 130 Å². The third kappa shape index (κ3) is 6.63. The fraction of sp³-hybridized carbons (Fsp3) is 0.308. The molecule has 1 aliphatic rings. The van der Waals surface area contributed by atoms with Gasteiger partial charge in [0.2, 0.25) is 0 Å². The van der Waals surface area contributed by atoms with Crippen LogP contribution in [-0.2, 0) is 21.7 Å². The molecule has 1 aliphatic carbocycles. The SMILES string of the molecule is CC(C)(C)c1cc(-c2ccccn2)cc(-c2cccc3c2nc(-c2cc4c(cc2O)C(C)(C)CCC4(C)C)n3-c2ccc(C(C)(C)C)cc2-c2ccccc2)c1. The smallest absolute Gasteiger partial charge is 0.149 e. The van der Waals surface area contributed by atoms with Gasteiger partial charge in [-0.25, -0.2) is 4.98 Å². The van der Waals surface area contributed by atoms with Crippen LogP contribution in [0.15, 0.2) is 121 Å². The molecule has 56 heavy (non-hydrogen) atoms. The molecule has 7 aromatic rings. The zero-order valence-electron chi connectivity index (χ0n) is 34.8. The number of hydrogen-bond acceptors (Lipinski definition) is 3. The maximum absolute atomic E-state index is 12.2. The number of benzene rings is 5. The molecular weight excluding hydrogens is 683 g/mol. The van der Waals surface area contributed by atoms with E-state index in [1.54, 1.807) is 0 Å². The molecule has 0 radical (unpaired) electrons. The van der Waals surface area contributed by atoms with Crippen molar-refractivity contribution < 1.29 is 5.11 Å². The zero-order valence-corrected chi connectivity index (χ0v) is 34.8. The van der Waals surface area contributed by atoms with Gasteiger partial charge in [0.25, 0.3) is 0 Å². The number of nitrogens with zero attached hydrogens (tertiary/aromatic N) is 3. The van der Waals surface area contributed by atoms with E-state index in [1.807, 2.05) is 24.4 Å². The van der Waals surface area contributed by atoms with Crippen LogP contribution in [0.5, 0.6) is 5.75 Å². The van der Waals surface area contributed by atoms with Crippen molar-refractivity contribution >= 4 is 11.0 Å². The molecule has 284 valence electrons. The Morgan fingerprint density at radius 1 is 0.571 bits per heavy atom. The Labute approximate surface area is 333 Å². The van der Waals surface area contributed by atoms with Crippen molar-refractivity contribution in [1.29, 1.82) is 0 Å². The molecule has 0 unspecified atom stereocenters. The van der Waals surface area contributed by atoms with Crippen LogP contribution < -0.4 is 0 Å². The van der Waals surface area contributed by atoms with Gasteiger partial charge >= 0.3 is 0 Å². The lowest BCUT2D eigenvalue weighted by atomic mass is 9.63. The van der Waals surface area contributed by atoms with E-state index < -0.39 is 0 Å². The van der Waals surface area contributed by atoms with Crippen molar-refractivity contribution in [2.45, 2.75) is 104 Å². The molecule has 0 atom stereocenters. The summed E-state index contributed by atoms with van der Waals surface area (Å²) in [5, 5.41) is 12.2. The van der Waals surface area contributed by atoms with Gasteiger partial charge < -0.3 is 5.11 Å². The van der Waals surface area contributed by atoms with E-state index in [0.29, 0.717) is 0 Å². The molecule has 1 N–H and O–H groups in total. The summed E-state index contributed by atoms with van der Waals surface area (Å²) in [4.78, 5) is 10.4. The highest BCUT2D eigenvalue weighted by Crippen LogP contribution is 2.50. The first kappa shape index (κ1) is 37.4. The molecule has 5 aromatic carbocycles. The van der Waals surface area contributed by atoms with E-state index in [-0.39, 0.29) is 27.4 Å². The number of pyridine rings is 1. The molecule has 2 aromatic heterocycles. The average Bonchev–Trinajstić information content (AvgIpc) is 3.55. The second kappa shape index (κ2) is 13.3. The number of phenols is 1. The molecule has 0 fully saturated rings. The van der Waals surface area contributed by atoms with Crippen molar-refractivity contribution in [1.82, 2.24) is 14.5 Å². The van der Waals surface area contributed by atoms with Crippen molar-refractivity contribution in [3.05, 3.63) is 144 Å². The first-order chi connectivity index (χ1) is 26.4. The molecule has 4 heteroatoms. The van der Waals surface area contributed by atoms with Gasteiger partial charge in [-0.2, -0.15) is 0 Å². The predicted octanol–water partition coefficient (Wildman–Crippen LogP) is 13.7. The van der Waals surface area contributed by atoms with E-state index in [1.165, 1.54) is 22.3 Å². The monoisotopic (exact) mass is 737 g/mol. The van der Waals surface area contributed by atoms with Gasteiger partial charge in [0, 0.05) is 22.9 Å². The summed E-state index contributed by atoms with van der Waals surface area (Å²) in [6.45, 7) is 22.8. The Hall–Kier alpha value is -5.48. The van der Waals surface area contributed by atoms with Gasteiger partial charge in [-0.15, -0.1) is 0 Å². The Bertz CT molecular complexity index is 2600. The summed E-state index contributed by atoms with van der Waals surface area (Å²) in [6, 6.07) is 41.2. The van der Waals surface area contributed by atoms with Crippen LogP contribution in [0.25, 0.3) is 61.6 Å². The van der Waals surface area contributed by atoms with Crippen LogP contribution in [0.2, 0.25) is 0 Å². The topological polar surface area (TPSA) is 50.9 Å². The highest BCUT2D eigenvalue weighted by atomic mass is 16.3. The van der Waals surface area contributed by atoms with Crippen LogP contribution in [0.3, 0.4) is 0 Å². The number of aromatic nitrogens is 3. The molecule has 0 spiro atoms. The van der Waals surface area contributed by atoms with Crippen molar-refractivity contribution in [2.24, 2.45) is 0 Å². The quantitative estimate of drug-likeness (QED) is 0.191. The van der Waals surface area contributed by atoms with E-state index in [0.717, 1.165) is 74.5 Å². The molecule has 2 heterocycles. The summed E-state index contributed by atoms with van der Waals surface area (Å²) < 4.78 is 2.29. The minimum Gasteiger partial charge on any atom is -0.507 e. The van der Waals surface area contributed by atoms with Crippen LogP contribution in [-0.4, -0.2) is 19.6 Å². The van der Waals surface area contributed by atoms with E-state index in [9.17, 15) is 5.11 Å². The third-order valence-electron chi connectivity index (χ3n) is 12.2. The van der Waals surface area contributed by atoms with Crippen molar-refractivity contribution in [3.63, 3.8) is 0 Å². The molecule has 4 nitrogen and oxygen atoms in total. The Morgan fingerprint density at radius 3 is 1.89 bits per heavy atom. The lowest BCUT2D eigenvalue weighted by Crippen LogP contribution is -2.33. The Morgan fingerprint density at radius 2 is 1.23 bits per heavy atom. The Kier molecular flexibility index (Phi) is 8.91. The second-order valence-corrected chi connectivity index (χ2v) is 19.2. The maximum Gasteiger partial charge on any atom is 0.149 e. The lowest BCUT2D eigenvalue weighted by molar-refractivity contribution is 0.330.